The molecule has 0 spiro atoms. The molecule has 0 aliphatic rings. The van der Waals surface area contributed by atoms with Gasteiger partial charge in [0.15, 0.2) is 0 Å². The van der Waals surface area contributed by atoms with Gasteiger partial charge in [0.25, 0.3) is 0 Å². The van der Waals surface area contributed by atoms with Crippen molar-refractivity contribution in [2.24, 2.45) is 0 Å². The van der Waals surface area contributed by atoms with Crippen molar-refractivity contribution in [2.75, 3.05) is 0 Å². The maximum absolute atomic E-state index is 11.5. The first kappa shape index (κ1) is 32.1. The Morgan fingerprint density at radius 2 is 1.00 bits per heavy atom. The standard InChI is InChI=1S/C23H48O4S.Na/c1-3-5-7-9-11-12-13-14-16-18-22(24)20-21-23(28(25,26)27)19-17-15-10-8-6-4-2;/h22-24H,3-21H2,1-2H3,(H,25,26,27);/q;+1/p-1. The summed E-state index contributed by atoms with van der Waals surface area (Å²) in [5.74, 6) is 0. The van der Waals surface area contributed by atoms with Gasteiger partial charge in [-0.1, -0.05) is 110 Å². The van der Waals surface area contributed by atoms with E-state index in [1.54, 1.807) is 0 Å². The third-order valence-electron chi connectivity index (χ3n) is 5.75. The predicted molar refractivity (Wildman–Crippen MR) is 119 cm³/mol. The fourth-order valence-electron chi connectivity index (χ4n) is 3.80. The zero-order chi connectivity index (χ0) is 21.1. The zero-order valence-corrected chi connectivity index (χ0v) is 22.5. The van der Waals surface area contributed by atoms with E-state index in [0.29, 0.717) is 19.3 Å². The van der Waals surface area contributed by atoms with Crippen molar-refractivity contribution in [3.8, 4) is 0 Å². The average molecular weight is 443 g/mol. The molecule has 0 amide bonds. The molecule has 0 aliphatic heterocycles. The maximum Gasteiger partial charge on any atom is 1.00 e. The minimum atomic E-state index is -4.26. The van der Waals surface area contributed by atoms with Crippen molar-refractivity contribution in [1.29, 1.82) is 0 Å². The van der Waals surface area contributed by atoms with E-state index in [4.69, 9.17) is 0 Å². The molecule has 0 aromatic rings. The molecule has 170 valence electrons. The van der Waals surface area contributed by atoms with E-state index in [-0.39, 0.29) is 29.6 Å². The minimum Gasteiger partial charge on any atom is -0.748 e. The molecule has 29 heavy (non-hydrogen) atoms. The summed E-state index contributed by atoms with van der Waals surface area (Å²) in [6, 6.07) is 0. The van der Waals surface area contributed by atoms with Crippen molar-refractivity contribution in [3.05, 3.63) is 0 Å². The summed E-state index contributed by atoms with van der Waals surface area (Å²) >= 11 is 0. The van der Waals surface area contributed by atoms with Crippen LogP contribution in [0.15, 0.2) is 0 Å². The Hall–Kier alpha value is 0.870. The molecule has 0 bridgehead atoms. The van der Waals surface area contributed by atoms with E-state index in [1.165, 1.54) is 64.2 Å². The van der Waals surface area contributed by atoms with E-state index >= 15 is 0 Å². The van der Waals surface area contributed by atoms with Gasteiger partial charge in [0.1, 0.15) is 0 Å². The Balaban J connectivity index is 0. The van der Waals surface area contributed by atoms with Gasteiger partial charge in [-0.05, 0) is 25.7 Å². The molecule has 0 aromatic carbocycles. The Morgan fingerprint density at radius 3 is 1.41 bits per heavy atom. The normalized spacial score (nSPS) is 13.8. The molecule has 6 heteroatoms. The van der Waals surface area contributed by atoms with Crippen molar-refractivity contribution in [1.82, 2.24) is 0 Å². The topological polar surface area (TPSA) is 77.4 Å². The summed E-state index contributed by atoms with van der Waals surface area (Å²) in [4.78, 5) is 0. The molecule has 0 saturated carbocycles. The summed E-state index contributed by atoms with van der Waals surface area (Å²) < 4.78 is 34.5. The molecule has 2 unspecified atom stereocenters. The molecule has 0 heterocycles. The Bertz CT molecular complexity index is 429. The van der Waals surface area contributed by atoms with Crippen LogP contribution in [0.1, 0.15) is 136 Å². The largest absolute Gasteiger partial charge is 1.00 e. The van der Waals surface area contributed by atoms with Gasteiger partial charge in [-0.15, -0.1) is 0 Å². The second-order valence-electron chi connectivity index (χ2n) is 8.52. The van der Waals surface area contributed by atoms with Gasteiger partial charge >= 0.3 is 29.6 Å². The molecule has 1 N–H and O–H groups in total. The molecule has 0 saturated heterocycles. The van der Waals surface area contributed by atoms with E-state index < -0.39 is 21.5 Å². The van der Waals surface area contributed by atoms with Crippen molar-refractivity contribution >= 4 is 10.1 Å². The number of unbranched alkanes of at least 4 members (excludes halogenated alkanes) is 13. The van der Waals surface area contributed by atoms with Crippen molar-refractivity contribution in [2.45, 2.75) is 147 Å². The first-order valence-corrected chi connectivity index (χ1v) is 13.5. The van der Waals surface area contributed by atoms with Crippen LogP contribution in [0, 0.1) is 0 Å². The van der Waals surface area contributed by atoms with Gasteiger partial charge in [0.2, 0.25) is 0 Å². The number of aliphatic hydroxyl groups is 1. The van der Waals surface area contributed by atoms with Crippen LogP contribution >= 0.6 is 0 Å². The van der Waals surface area contributed by atoms with E-state index in [9.17, 15) is 18.1 Å². The van der Waals surface area contributed by atoms with Crippen LogP contribution < -0.4 is 29.6 Å². The molecular formula is C23H47NaO4S. The molecule has 0 aliphatic carbocycles. The SMILES string of the molecule is CCCCCCCCCCCC(O)CCC(CCCCCCCC)S(=O)(=O)[O-].[Na+]. The molecule has 0 rings (SSSR count). The number of aliphatic hydroxyl groups excluding tert-OH is 1. The first-order valence-electron chi connectivity index (χ1n) is 12.0. The van der Waals surface area contributed by atoms with Gasteiger partial charge in [0, 0.05) is 5.25 Å². The fraction of sp³-hybridized carbons (Fsp3) is 1.00. The van der Waals surface area contributed by atoms with Gasteiger partial charge in [-0.3, -0.25) is 0 Å². The second kappa shape index (κ2) is 22.1. The Kier molecular flexibility index (Phi) is 24.4. The van der Waals surface area contributed by atoms with Gasteiger partial charge in [-0.2, -0.15) is 0 Å². The number of hydrogen-bond donors (Lipinski definition) is 1. The summed E-state index contributed by atoms with van der Waals surface area (Å²) in [6.07, 6.45) is 19.1. The van der Waals surface area contributed by atoms with Gasteiger partial charge in [0.05, 0.1) is 16.2 Å². The van der Waals surface area contributed by atoms with Crippen LogP contribution in [-0.4, -0.2) is 29.4 Å². The summed E-state index contributed by atoms with van der Waals surface area (Å²) in [5, 5.41) is 9.31. The van der Waals surface area contributed by atoms with Crippen molar-refractivity contribution < 1.29 is 47.6 Å². The molecule has 0 radical (unpaired) electrons. The first-order chi connectivity index (χ1) is 13.4. The molecular weight excluding hydrogens is 395 g/mol. The smallest absolute Gasteiger partial charge is 0.748 e. The van der Waals surface area contributed by atoms with E-state index in [1.807, 2.05) is 0 Å². The van der Waals surface area contributed by atoms with E-state index in [2.05, 4.69) is 13.8 Å². The fourth-order valence-corrected chi connectivity index (χ4v) is 4.68. The third-order valence-corrected chi connectivity index (χ3v) is 7.04. The van der Waals surface area contributed by atoms with Gasteiger partial charge in [-0.25, -0.2) is 8.42 Å². The minimum absolute atomic E-state index is 0. The van der Waals surface area contributed by atoms with Gasteiger partial charge < -0.3 is 9.66 Å². The predicted octanol–water partition coefficient (Wildman–Crippen LogP) is 3.72. The van der Waals surface area contributed by atoms with Crippen LogP contribution in [0.4, 0.5) is 0 Å². The summed E-state index contributed by atoms with van der Waals surface area (Å²) in [6.45, 7) is 4.40. The number of hydrogen-bond acceptors (Lipinski definition) is 4. The molecule has 0 aromatic heterocycles. The van der Waals surface area contributed by atoms with Crippen LogP contribution in [-0.2, 0) is 10.1 Å². The van der Waals surface area contributed by atoms with Crippen molar-refractivity contribution in [3.63, 3.8) is 0 Å². The third kappa shape index (κ3) is 21.9. The van der Waals surface area contributed by atoms with Crippen LogP contribution in [0.5, 0.6) is 0 Å². The zero-order valence-electron chi connectivity index (χ0n) is 19.7. The Morgan fingerprint density at radius 1 is 0.621 bits per heavy atom. The average Bonchev–Trinajstić information content (AvgIpc) is 2.64. The summed E-state index contributed by atoms with van der Waals surface area (Å²) in [5.41, 5.74) is 0. The quantitative estimate of drug-likeness (QED) is 0.167. The molecule has 2 atom stereocenters. The summed E-state index contributed by atoms with van der Waals surface area (Å²) in [7, 11) is -4.26. The van der Waals surface area contributed by atoms with E-state index in [0.717, 1.165) is 38.5 Å². The molecule has 0 fully saturated rings. The monoisotopic (exact) mass is 442 g/mol. The maximum atomic E-state index is 11.5. The van der Waals surface area contributed by atoms with Crippen LogP contribution in [0.3, 0.4) is 0 Å². The van der Waals surface area contributed by atoms with Crippen LogP contribution in [0.25, 0.3) is 0 Å². The molecule has 4 nitrogen and oxygen atoms in total. The Labute approximate surface area is 204 Å². The second-order valence-corrected chi connectivity index (χ2v) is 10.2. The van der Waals surface area contributed by atoms with Crippen LogP contribution in [0.2, 0.25) is 0 Å². The number of rotatable bonds is 21.